The molecule has 4 aromatic rings. The molecule has 2 aromatic carbocycles. The summed E-state index contributed by atoms with van der Waals surface area (Å²) in [5.41, 5.74) is 1.60. The van der Waals surface area contributed by atoms with Crippen LogP contribution in [0.4, 0.5) is 16.0 Å². The molecule has 4 N–H and O–H groups in total. The maximum atomic E-state index is 13.4. The number of fused-ring (bicyclic) bond motifs is 1. The molecule has 0 saturated heterocycles. The summed E-state index contributed by atoms with van der Waals surface area (Å²) in [4.78, 5) is 11.7. The van der Waals surface area contributed by atoms with E-state index in [-0.39, 0.29) is 39.2 Å². The van der Waals surface area contributed by atoms with Gasteiger partial charge >= 0.3 is 0 Å². The van der Waals surface area contributed by atoms with Gasteiger partial charge in [-0.3, -0.25) is 10.6 Å². The Morgan fingerprint density at radius 1 is 1.27 bits per heavy atom. The van der Waals surface area contributed by atoms with Gasteiger partial charge in [0.15, 0.2) is 21.3 Å². The molecule has 0 radical (unpaired) electrons. The zero-order valence-corrected chi connectivity index (χ0v) is 18.7. The molecule has 0 amide bonds. The molecule has 2 heterocycles. The summed E-state index contributed by atoms with van der Waals surface area (Å²) in [6, 6.07) is 11.7. The van der Waals surface area contributed by atoms with Gasteiger partial charge in [-0.15, -0.1) is 0 Å². The van der Waals surface area contributed by atoms with Gasteiger partial charge in [-0.2, -0.15) is 4.98 Å². The van der Waals surface area contributed by atoms with Crippen molar-refractivity contribution < 1.29 is 18.0 Å². The number of H-pyrrole nitrogens is 1. The number of hydrogen-bond acceptors (Lipinski definition) is 7. The van der Waals surface area contributed by atoms with E-state index in [4.69, 9.17) is 17.0 Å². The first kappa shape index (κ1) is 22.6. The first-order valence-corrected chi connectivity index (χ1v) is 11.8. The average molecular weight is 489 g/mol. The van der Waals surface area contributed by atoms with Gasteiger partial charge in [-0.05, 0) is 35.9 Å². The number of halogens is 2. The topological polar surface area (TPSA) is 135 Å². The molecule has 0 unspecified atom stereocenters. The number of imidazole rings is 1. The molecule has 9 nitrogen and oxygen atoms in total. The van der Waals surface area contributed by atoms with Crippen LogP contribution in [0.3, 0.4) is 0 Å². The van der Waals surface area contributed by atoms with E-state index >= 15 is 0 Å². The number of hydrogen-bond donors (Lipinski definition) is 4. The largest absolute Gasteiger partial charge is 0.352 e. The summed E-state index contributed by atoms with van der Waals surface area (Å²) in [6.07, 6.45) is 2.57. The summed E-state index contributed by atoms with van der Waals surface area (Å²) >= 11 is 5.78. The fourth-order valence-corrected chi connectivity index (χ4v) is 4.36. The van der Waals surface area contributed by atoms with E-state index in [0.29, 0.717) is 22.1 Å². The van der Waals surface area contributed by atoms with Gasteiger partial charge in [0, 0.05) is 24.6 Å². The van der Waals surface area contributed by atoms with Crippen molar-refractivity contribution in [3.8, 4) is 0 Å². The quantitative estimate of drug-likeness (QED) is 0.183. The van der Waals surface area contributed by atoms with Gasteiger partial charge in [0.2, 0.25) is 5.95 Å². The molecule has 4 rings (SSSR count). The van der Waals surface area contributed by atoms with Gasteiger partial charge in [-0.25, -0.2) is 22.9 Å². The summed E-state index contributed by atoms with van der Waals surface area (Å²) < 4.78 is 37.4. The van der Waals surface area contributed by atoms with Crippen LogP contribution in [-0.4, -0.2) is 40.7 Å². The average Bonchev–Trinajstić information content (AvgIpc) is 3.21. The SMILES string of the molecule is CS(=O)(=O)c1ccccc1CNc1nc2nccc(C(=N)N(O)c3ccc(F)c(Cl)c3)c2[nH]1. The molecule has 0 atom stereocenters. The fourth-order valence-electron chi connectivity index (χ4n) is 3.24. The minimum Gasteiger partial charge on any atom is -0.352 e. The summed E-state index contributed by atoms with van der Waals surface area (Å²) in [7, 11) is -3.40. The first-order valence-electron chi connectivity index (χ1n) is 9.54. The van der Waals surface area contributed by atoms with Crippen molar-refractivity contribution in [1.82, 2.24) is 15.0 Å². The Hall–Kier alpha value is -3.54. The number of nitrogens with zero attached hydrogens (tertiary/aromatic N) is 3. The Kier molecular flexibility index (Phi) is 6.02. The predicted octanol–water partition coefficient (Wildman–Crippen LogP) is 3.99. The fraction of sp³-hybridized carbons (Fsp3) is 0.0952. The predicted molar refractivity (Wildman–Crippen MR) is 123 cm³/mol. The van der Waals surface area contributed by atoms with Crippen LogP contribution >= 0.6 is 11.6 Å². The van der Waals surface area contributed by atoms with Crippen LogP contribution in [0.25, 0.3) is 11.2 Å². The Bertz CT molecular complexity index is 1470. The van der Waals surface area contributed by atoms with E-state index in [1.54, 1.807) is 18.2 Å². The second-order valence-corrected chi connectivity index (χ2v) is 9.53. The lowest BCUT2D eigenvalue weighted by Crippen LogP contribution is -2.27. The molecule has 0 aliphatic carbocycles. The van der Waals surface area contributed by atoms with E-state index in [1.807, 2.05) is 0 Å². The highest BCUT2D eigenvalue weighted by Crippen LogP contribution is 2.25. The van der Waals surface area contributed by atoms with Gasteiger partial charge in [-0.1, -0.05) is 29.8 Å². The monoisotopic (exact) mass is 488 g/mol. The number of benzene rings is 2. The molecule has 0 fully saturated rings. The number of hydroxylamine groups is 1. The zero-order chi connectivity index (χ0) is 23.8. The van der Waals surface area contributed by atoms with Gasteiger partial charge in [0.1, 0.15) is 5.82 Å². The van der Waals surface area contributed by atoms with Gasteiger partial charge in [0.05, 0.1) is 21.1 Å². The van der Waals surface area contributed by atoms with Crippen molar-refractivity contribution in [3.63, 3.8) is 0 Å². The highest BCUT2D eigenvalue weighted by atomic mass is 35.5. The number of aromatic nitrogens is 3. The highest BCUT2D eigenvalue weighted by molar-refractivity contribution is 7.90. The van der Waals surface area contributed by atoms with E-state index < -0.39 is 15.7 Å². The van der Waals surface area contributed by atoms with Crippen LogP contribution in [0.15, 0.2) is 59.6 Å². The molecular formula is C21H18ClFN6O3S. The Morgan fingerprint density at radius 3 is 2.76 bits per heavy atom. The van der Waals surface area contributed by atoms with Gasteiger partial charge in [0.25, 0.3) is 0 Å². The number of rotatable bonds is 6. The van der Waals surface area contributed by atoms with E-state index in [2.05, 4.69) is 20.3 Å². The second-order valence-electron chi connectivity index (χ2n) is 7.13. The van der Waals surface area contributed by atoms with E-state index in [9.17, 15) is 18.0 Å². The highest BCUT2D eigenvalue weighted by Gasteiger charge is 2.19. The molecular weight excluding hydrogens is 471 g/mol. The van der Waals surface area contributed by atoms with E-state index in [0.717, 1.165) is 12.3 Å². The maximum Gasteiger partial charge on any atom is 0.203 e. The van der Waals surface area contributed by atoms with Crippen molar-refractivity contribution in [2.24, 2.45) is 0 Å². The normalized spacial score (nSPS) is 11.5. The molecule has 12 heteroatoms. The standard InChI is InChI=1S/C21H18ClFN6O3S/c1-33(31,32)17-5-3-2-4-12(17)11-26-21-27-18-14(8-9-25-20(18)28-21)19(24)29(30)13-6-7-16(23)15(22)10-13/h2-10,24,30H,11H2,1H3,(H2,25,26,27,28). The molecule has 0 spiro atoms. The van der Waals surface area contributed by atoms with Crippen LogP contribution in [0.1, 0.15) is 11.1 Å². The Labute approximate surface area is 193 Å². The number of pyridine rings is 1. The third-order valence-corrected chi connectivity index (χ3v) is 6.31. The summed E-state index contributed by atoms with van der Waals surface area (Å²) in [6.45, 7) is 0.177. The molecule has 2 aromatic heterocycles. The minimum absolute atomic E-state index is 0.103. The second kappa shape index (κ2) is 8.77. The van der Waals surface area contributed by atoms with Crippen LogP contribution in [-0.2, 0) is 16.4 Å². The Balaban J connectivity index is 1.61. The summed E-state index contributed by atoms with van der Waals surface area (Å²) in [5, 5.41) is 22.3. The summed E-state index contributed by atoms with van der Waals surface area (Å²) in [5.74, 6) is -0.661. The van der Waals surface area contributed by atoms with Crippen molar-refractivity contribution in [2.75, 3.05) is 16.6 Å². The van der Waals surface area contributed by atoms with Gasteiger partial charge < -0.3 is 10.3 Å². The van der Waals surface area contributed by atoms with Crippen molar-refractivity contribution in [2.45, 2.75) is 11.4 Å². The van der Waals surface area contributed by atoms with Crippen LogP contribution in [0.5, 0.6) is 0 Å². The number of amidine groups is 1. The van der Waals surface area contributed by atoms with Crippen LogP contribution in [0.2, 0.25) is 5.02 Å². The van der Waals surface area contributed by atoms with Crippen LogP contribution in [0, 0.1) is 11.2 Å². The minimum atomic E-state index is -3.40. The number of nitrogens with one attached hydrogen (secondary N) is 3. The number of anilines is 2. The van der Waals surface area contributed by atoms with Crippen LogP contribution < -0.4 is 10.4 Å². The molecule has 170 valence electrons. The molecule has 0 bridgehead atoms. The lowest BCUT2D eigenvalue weighted by atomic mass is 10.2. The maximum absolute atomic E-state index is 13.4. The van der Waals surface area contributed by atoms with Crippen molar-refractivity contribution in [3.05, 3.63) is 76.7 Å². The molecule has 0 saturated carbocycles. The van der Waals surface area contributed by atoms with E-state index in [1.165, 1.54) is 30.5 Å². The lowest BCUT2D eigenvalue weighted by Gasteiger charge is -2.18. The van der Waals surface area contributed by atoms with Crippen molar-refractivity contribution in [1.29, 1.82) is 5.41 Å². The Morgan fingerprint density at radius 2 is 2.03 bits per heavy atom. The third kappa shape index (κ3) is 4.65. The molecule has 33 heavy (non-hydrogen) atoms. The lowest BCUT2D eigenvalue weighted by molar-refractivity contribution is 0.312. The third-order valence-electron chi connectivity index (χ3n) is 4.83. The van der Waals surface area contributed by atoms with Crippen molar-refractivity contribution >= 4 is 50.1 Å². The zero-order valence-electron chi connectivity index (χ0n) is 17.2. The smallest absolute Gasteiger partial charge is 0.203 e. The number of sulfone groups is 1. The first-order chi connectivity index (χ1) is 15.6. The molecule has 0 aliphatic heterocycles. The number of aromatic amines is 1. The molecule has 0 aliphatic rings.